The molecule has 0 saturated carbocycles. The molecule has 1 aromatic carbocycles. The third-order valence-corrected chi connectivity index (χ3v) is 3.38. The van der Waals surface area contributed by atoms with Crippen molar-refractivity contribution < 1.29 is 4.79 Å². The molecule has 0 aliphatic rings. The number of nitrogens with one attached hydrogen (secondary N) is 1. The van der Waals surface area contributed by atoms with Crippen LogP contribution < -0.4 is 5.73 Å². The molecule has 0 unspecified atom stereocenters. The van der Waals surface area contributed by atoms with Crippen LogP contribution in [0.4, 0.5) is 0 Å². The summed E-state index contributed by atoms with van der Waals surface area (Å²) < 4.78 is 0. The number of H-pyrrole nitrogens is 1. The van der Waals surface area contributed by atoms with E-state index in [1.54, 1.807) is 18.5 Å². The van der Waals surface area contributed by atoms with Crippen LogP contribution in [0.2, 0.25) is 0 Å². The van der Waals surface area contributed by atoms with Crippen molar-refractivity contribution in [2.75, 3.05) is 0 Å². The van der Waals surface area contributed by atoms with Crippen molar-refractivity contribution in [1.29, 1.82) is 0 Å². The third kappa shape index (κ3) is 3.35. The number of nitrogens with two attached hydrogens (primary N) is 1. The van der Waals surface area contributed by atoms with Gasteiger partial charge in [-0.2, -0.15) is 0 Å². The van der Waals surface area contributed by atoms with Gasteiger partial charge in [0.15, 0.2) is 0 Å². The standard InChI is InChI=1S/C17H15N3O.ClH/c18-17(21)14-11-15(13-6-8-19-9-7-13)20-16(14)10-12-4-2-1-3-5-12;/h1-9,11,20H,10H2,(H2,18,21);1H. The molecule has 5 heteroatoms. The fraction of sp³-hybridized carbons (Fsp3) is 0.0588. The van der Waals surface area contributed by atoms with Crippen LogP contribution >= 0.6 is 12.4 Å². The van der Waals surface area contributed by atoms with E-state index in [-0.39, 0.29) is 12.4 Å². The molecule has 0 saturated heterocycles. The summed E-state index contributed by atoms with van der Waals surface area (Å²) in [6.45, 7) is 0. The Labute approximate surface area is 134 Å². The van der Waals surface area contributed by atoms with Crippen molar-refractivity contribution in [3.8, 4) is 11.3 Å². The van der Waals surface area contributed by atoms with Gasteiger partial charge in [0.1, 0.15) is 0 Å². The lowest BCUT2D eigenvalue weighted by atomic mass is 10.1. The second kappa shape index (κ2) is 6.91. The lowest BCUT2D eigenvalue weighted by Gasteiger charge is -2.01. The average molecular weight is 314 g/mol. The Bertz CT molecular complexity index is 754. The molecule has 0 spiro atoms. The minimum absolute atomic E-state index is 0. The molecule has 3 rings (SSSR count). The van der Waals surface area contributed by atoms with Crippen LogP contribution in [-0.2, 0) is 6.42 Å². The van der Waals surface area contributed by atoms with Gasteiger partial charge in [0, 0.05) is 35.8 Å². The highest BCUT2D eigenvalue weighted by Crippen LogP contribution is 2.23. The molecule has 0 bridgehead atoms. The third-order valence-electron chi connectivity index (χ3n) is 3.38. The van der Waals surface area contributed by atoms with E-state index in [1.165, 1.54) is 0 Å². The molecule has 22 heavy (non-hydrogen) atoms. The van der Waals surface area contributed by atoms with Gasteiger partial charge in [0.05, 0.1) is 5.56 Å². The molecule has 4 nitrogen and oxygen atoms in total. The highest BCUT2D eigenvalue weighted by Gasteiger charge is 2.14. The summed E-state index contributed by atoms with van der Waals surface area (Å²) in [5.74, 6) is -0.419. The van der Waals surface area contributed by atoms with E-state index in [2.05, 4.69) is 9.97 Å². The Balaban J connectivity index is 0.00000176. The van der Waals surface area contributed by atoms with Crippen molar-refractivity contribution in [1.82, 2.24) is 9.97 Å². The summed E-state index contributed by atoms with van der Waals surface area (Å²) >= 11 is 0. The van der Waals surface area contributed by atoms with Gasteiger partial charge in [-0.1, -0.05) is 30.3 Å². The van der Waals surface area contributed by atoms with Crippen molar-refractivity contribution in [3.63, 3.8) is 0 Å². The molecule has 112 valence electrons. The first kappa shape index (κ1) is 15.8. The first-order chi connectivity index (χ1) is 10.2. The van der Waals surface area contributed by atoms with Gasteiger partial charge in [0.2, 0.25) is 0 Å². The summed E-state index contributed by atoms with van der Waals surface area (Å²) in [7, 11) is 0. The van der Waals surface area contributed by atoms with Crippen LogP contribution in [0, 0.1) is 0 Å². The molecule has 0 aliphatic heterocycles. The summed E-state index contributed by atoms with van der Waals surface area (Å²) in [5.41, 5.74) is 9.83. The van der Waals surface area contributed by atoms with Gasteiger partial charge in [-0.05, 0) is 23.8 Å². The number of carbonyl (C=O) groups excluding carboxylic acids is 1. The molecular weight excluding hydrogens is 298 g/mol. The molecule has 0 atom stereocenters. The monoisotopic (exact) mass is 313 g/mol. The summed E-state index contributed by atoms with van der Waals surface area (Å²) in [6.07, 6.45) is 4.08. The van der Waals surface area contributed by atoms with Gasteiger partial charge in [-0.25, -0.2) is 0 Å². The predicted molar refractivity (Wildman–Crippen MR) is 89.0 cm³/mol. The Hall–Kier alpha value is -2.59. The predicted octanol–water partition coefficient (Wildman–Crippen LogP) is 3.19. The number of rotatable bonds is 4. The highest BCUT2D eigenvalue weighted by atomic mass is 35.5. The van der Waals surface area contributed by atoms with Gasteiger partial charge in [0.25, 0.3) is 5.91 Å². The normalized spacial score (nSPS) is 10.0. The molecule has 1 amide bonds. The number of aromatic amines is 1. The van der Waals surface area contributed by atoms with Crippen LogP contribution in [0.25, 0.3) is 11.3 Å². The van der Waals surface area contributed by atoms with E-state index in [9.17, 15) is 4.79 Å². The molecule has 2 aromatic heterocycles. The average Bonchev–Trinajstić information content (AvgIpc) is 2.93. The zero-order valence-corrected chi connectivity index (χ0v) is 12.6. The molecule has 0 fully saturated rings. The molecular formula is C17H16ClN3O. The Morgan fingerprint density at radius 2 is 1.77 bits per heavy atom. The first-order valence-electron chi connectivity index (χ1n) is 6.70. The van der Waals surface area contributed by atoms with E-state index in [0.717, 1.165) is 22.5 Å². The quantitative estimate of drug-likeness (QED) is 0.776. The minimum Gasteiger partial charge on any atom is -0.366 e. The second-order valence-corrected chi connectivity index (χ2v) is 4.84. The molecule has 0 aliphatic carbocycles. The van der Waals surface area contributed by atoms with E-state index in [0.29, 0.717) is 12.0 Å². The molecule has 0 radical (unpaired) electrons. The maximum atomic E-state index is 11.6. The lowest BCUT2D eigenvalue weighted by Crippen LogP contribution is -2.12. The van der Waals surface area contributed by atoms with Gasteiger partial charge in [-0.3, -0.25) is 9.78 Å². The van der Waals surface area contributed by atoms with Crippen LogP contribution in [0.5, 0.6) is 0 Å². The fourth-order valence-corrected chi connectivity index (χ4v) is 2.34. The van der Waals surface area contributed by atoms with E-state index in [1.807, 2.05) is 42.5 Å². The zero-order chi connectivity index (χ0) is 14.7. The summed E-state index contributed by atoms with van der Waals surface area (Å²) in [5, 5.41) is 0. The van der Waals surface area contributed by atoms with Gasteiger partial charge in [-0.15, -0.1) is 12.4 Å². The number of hydrogen-bond acceptors (Lipinski definition) is 2. The van der Waals surface area contributed by atoms with E-state index in [4.69, 9.17) is 5.73 Å². The van der Waals surface area contributed by atoms with Crippen LogP contribution in [0.3, 0.4) is 0 Å². The number of aromatic nitrogens is 2. The zero-order valence-electron chi connectivity index (χ0n) is 11.8. The molecule has 3 N–H and O–H groups in total. The van der Waals surface area contributed by atoms with E-state index < -0.39 is 5.91 Å². The van der Waals surface area contributed by atoms with Crippen molar-refractivity contribution >= 4 is 18.3 Å². The smallest absolute Gasteiger partial charge is 0.250 e. The van der Waals surface area contributed by atoms with Crippen molar-refractivity contribution in [3.05, 3.63) is 77.7 Å². The van der Waals surface area contributed by atoms with E-state index >= 15 is 0 Å². The maximum absolute atomic E-state index is 11.6. The number of hydrogen-bond donors (Lipinski definition) is 2. The molecule has 3 aromatic rings. The highest BCUT2D eigenvalue weighted by molar-refractivity contribution is 5.95. The second-order valence-electron chi connectivity index (χ2n) is 4.84. The number of nitrogens with zero attached hydrogens (tertiary/aromatic N) is 1. The van der Waals surface area contributed by atoms with Crippen LogP contribution in [0.1, 0.15) is 21.6 Å². The fourth-order valence-electron chi connectivity index (χ4n) is 2.34. The van der Waals surface area contributed by atoms with Crippen LogP contribution in [-0.4, -0.2) is 15.9 Å². The summed E-state index contributed by atoms with van der Waals surface area (Å²) in [6, 6.07) is 15.6. The molecule has 2 heterocycles. The number of primary amides is 1. The first-order valence-corrected chi connectivity index (χ1v) is 6.70. The Kier molecular flexibility index (Phi) is 4.96. The Morgan fingerprint density at radius 3 is 2.41 bits per heavy atom. The number of carbonyl (C=O) groups is 1. The number of pyridine rings is 1. The van der Waals surface area contributed by atoms with Gasteiger partial charge >= 0.3 is 0 Å². The number of halogens is 1. The number of benzene rings is 1. The topological polar surface area (TPSA) is 71.8 Å². The largest absolute Gasteiger partial charge is 0.366 e. The summed E-state index contributed by atoms with van der Waals surface area (Å²) in [4.78, 5) is 18.9. The Morgan fingerprint density at radius 1 is 1.09 bits per heavy atom. The van der Waals surface area contributed by atoms with Gasteiger partial charge < -0.3 is 10.7 Å². The van der Waals surface area contributed by atoms with Crippen LogP contribution in [0.15, 0.2) is 60.9 Å². The maximum Gasteiger partial charge on any atom is 0.250 e. The lowest BCUT2D eigenvalue weighted by molar-refractivity contribution is 0.0999. The minimum atomic E-state index is -0.419. The van der Waals surface area contributed by atoms with Crippen molar-refractivity contribution in [2.45, 2.75) is 6.42 Å². The SMILES string of the molecule is Cl.NC(=O)c1cc(-c2ccncc2)[nH]c1Cc1ccccc1. The number of amides is 1. The van der Waals surface area contributed by atoms with Crippen molar-refractivity contribution in [2.24, 2.45) is 5.73 Å².